The third kappa shape index (κ3) is 6.11. The molecule has 0 radical (unpaired) electrons. The molecule has 0 aromatic heterocycles. The normalized spacial score (nSPS) is 11.7. The lowest BCUT2D eigenvalue weighted by atomic mass is 10.1. The second kappa shape index (κ2) is 7.77. The van der Waals surface area contributed by atoms with E-state index < -0.39 is 28.3 Å². The Hall–Kier alpha value is -1.91. The van der Waals surface area contributed by atoms with Crippen LogP contribution in [0.2, 0.25) is 0 Å². The molecule has 0 saturated carbocycles. The van der Waals surface area contributed by atoms with Crippen molar-refractivity contribution in [3.63, 3.8) is 0 Å². The Bertz CT molecular complexity index is 706. The molecule has 0 aliphatic heterocycles. The van der Waals surface area contributed by atoms with Crippen LogP contribution in [0.25, 0.3) is 0 Å². The maximum absolute atomic E-state index is 12.7. The molecule has 0 aliphatic rings. The summed E-state index contributed by atoms with van der Waals surface area (Å²) in [5.74, 6) is 0. The predicted octanol–water partition coefficient (Wildman–Crippen LogP) is 5.18. The number of amides is 2. The van der Waals surface area contributed by atoms with Crippen molar-refractivity contribution in [1.29, 1.82) is 0 Å². The van der Waals surface area contributed by atoms with Crippen LogP contribution in [0.15, 0.2) is 12.1 Å². The number of carbonyl (C=O) groups excluding carboxylic acids is 2. The molecular weight excluding hydrogens is 455 g/mol. The number of nitro groups is 1. The van der Waals surface area contributed by atoms with E-state index >= 15 is 0 Å². The minimum absolute atomic E-state index is 0.176. The van der Waals surface area contributed by atoms with E-state index in [1.807, 2.05) is 22.6 Å². The SMILES string of the molecule is Cc1cc(I)c(N(C(=O)OC(C)(C)C)C(=O)OC(C)(C)C)c([N+](=O)[O-])c1. The van der Waals surface area contributed by atoms with E-state index in [9.17, 15) is 19.7 Å². The van der Waals surface area contributed by atoms with E-state index in [1.54, 1.807) is 54.5 Å². The fourth-order valence-electron chi connectivity index (χ4n) is 1.95. The van der Waals surface area contributed by atoms with Gasteiger partial charge in [-0.15, -0.1) is 0 Å². The number of aryl methyl sites for hydroxylation is 1. The van der Waals surface area contributed by atoms with Gasteiger partial charge in [-0.2, -0.15) is 4.90 Å². The monoisotopic (exact) mass is 478 g/mol. The number of anilines is 1. The predicted molar refractivity (Wildman–Crippen MR) is 105 cm³/mol. The number of rotatable bonds is 2. The lowest BCUT2D eigenvalue weighted by Crippen LogP contribution is -2.44. The van der Waals surface area contributed by atoms with Crippen LogP contribution >= 0.6 is 22.6 Å². The van der Waals surface area contributed by atoms with Crippen LogP contribution in [0.3, 0.4) is 0 Å². The third-order valence-corrected chi connectivity index (χ3v) is 3.58. The van der Waals surface area contributed by atoms with Crippen molar-refractivity contribution < 1.29 is 24.0 Å². The van der Waals surface area contributed by atoms with Gasteiger partial charge in [-0.25, -0.2) is 9.59 Å². The number of halogens is 1. The lowest BCUT2D eigenvalue weighted by molar-refractivity contribution is -0.384. The molecule has 1 aromatic rings. The first-order chi connectivity index (χ1) is 11.6. The van der Waals surface area contributed by atoms with Crippen LogP contribution in [-0.4, -0.2) is 28.3 Å². The van der Waals surface area contributed by atoms with E-state index in [1.165, 1.54) is 6.07 Å². The largest absolute Gasteiger partial charge is 0.443 e. The minimum atomic E-state index is -1.04. The first-order valence-corrected chi connectivity index (χ1v) is 8.91. The number of nitro benzene ring substituents is 1. The van der Waals surface area contributed by atoms with Crippen LogP contribution < -0.4 is 4.90 Å². The van der Waals surface area contributed by atoms with Gasteiger partial charge in [0.05, 0.1) is 4.92 Å². The smallest absolute Gasteiger partial charge is 0.424 e. The maximum Gasteiger partial charge on any atom is 0.424 e. The maximum atomic E-state index is 12.7. The zero-order valence-electron chi connectivity index (χ0n) is 15.9. The molecule has 0 heterocycles. The van der Waals surface area contributed by atoms with Crippen molar-refractivity contribution in [2.24, 2.45) is 0 Å². The van der Waals surface area contributed by atoms with Crippen LogP contribution in [0.1, 0.15) is 47.1 Å². The van der Waals surface area contributed by atoms with Gasteiger partial charge in [-0.05, 0) is 82.7 Å². The molecule has 0 atom stereocenters. The lowest BCUT2D eigenvalue weighted by Gasteiger charge is -2.28. The van der Waals surface area contributed by atoms with Crippen molar-refractivity contribution in [3.05, 3.63) is 31.4 Å². The highest BCUT2D eigenvalue weighted by molar-refractivity contribution is 14.1. The summed E-state index contributed by atoms with van der Waals surface area (Å²) >= 11 is 1.84. The quantitative estimate of drug-likeness (QED) is 0.330. The number of nitrogens with zero attached hydrogens (tertiary/aromatic N) is 2. The Morgan fingerprint density at radius 3 is 1.81 bits per heavy atom. The van der Waals surface area contributed by atoms with Gasteiger partial charge in [0.1, 0.15) is 16.9 Å². The Balaban J connectivity index is 3.58. The topological polar surface area (TPSA) is 99.0 Å². The van der Waals surface area contributed by atoms with E-state index in [4.69, 9.17) is 9.47 Å². The highest BCUT2D eigenvalue weighted by atomic mass is 127. The Morgan fingerprint density at radius 1 is 1.04 bits per heavy atom. The fourth-order valence-corrected chi connectivity index (χ4v) is 2.96. The summed E-state index contributed by atoms with van der Waals surface area (Å²) in [5.41, 5.74) is -1.74. The van der Waals surface area contributed by atoms with Gasteiger partial charge in [0.25, 0.3) is 5.69 Å². The van der Waals surface area contributed by atoms with Gasteiger partial charge in [-0.1, -0.05) is 0 Å². The number of hydrogen-bond acceptors (Lipinski definition) is 6. The molecule has 0 unspecified atom stereocenters. The van der Waals surface area contributed by atoms with E-state index in [2.05, 4.69) is 0 Å². The fraction of sp³-hybridized carbons (Fsp3) is 0.529. The molecule has 2 amide bonds. The second-order valence-electron chi connectivity index (χ2n) is 7.67. The molecule has 0 aliphatic carbocycles. The molecule has 0 fully saturated rings. The molecule has 26 heavy (non-hydrogen) atoms. The molecule has 9 heteroatoms. The average Bonchev–Trinajstić information content (AvgIpc) is 2.36. The second-order valence-corrected chi connectivity index (χ2v) is 8.83. The van der Waals surface area contributed by atoms with Crippen LogP contribution in [0.4, 0.5) is 21.0 Å². The van der Waals surface area contributed by atoms with Crippen molar-refractivity contribution in [2.45, 2.75) is 59.7 Å². The zero-order valence-corrected chi connectivity index (χ0v) is 18.0. The van der Waals surface area contributed by atoms with Crippen molar-refractivity contribution in [2.75, 3.05) is 4.90 Å². The van der Waals surface area contributed by atoms with E-state index in [-0.39, 0.29) is 11.4 Å². The van der Waals surface area contributed by atoms with Gasteiger partial charge in [0, 0.05) is 9.64 Å². The van der Waals surface area contributed by atoms with Gasteiger partial charge in [0.2, 0.25) is 0 Å². The Morgan fingerprint density at radius 2 is 1.46 bits per heavy atom. The summed E-state index contributed by atoms with van der Waals surface area (Å²) in [6, 6.07) is 2.92. The molecule has 1 aromatic carbocycles. The van der Waals surface area contributed by atoms with Crippen molar-refractivity contribution >= 4 is 46.2 Å². The molecule has 0 bridgehead atoms. The third-order valence-electron chi connectivity index (χ3n) is 2.76. The molecule has 0 spiro atoms. The van der Waals surface area contributed by atoms with Crippen LogP contribution in [-0.2, 0) is 9.47 Å². The molecule has 0 N–H and O–H groups in total. The highest BCUT2D eigenvalue weighted by Crippen LogP contribution is 2.36. The summed E-state index contributed by atoms with van der Waals surface area (Å²) in [5, 5.41) is 11.5. The summed E-state index contributed by atoms with van der Waals surface area (Å²) in [6.07, 6.45) is -2.09. The number of imide groups is 1. The molecule has 8 nitrogen and oxygen atoms in total. The first-order valence-electron chi connectivity index (χ1n) is 7.83. The van der Waals surface area contributed by atoms with Crippen molar-refractivity contribution in [3.8, 4) is 0 Å². The standard InChI is InChI=1S/C17H23IN2O6/c1-10-8-11(18)13(12(9-10)20(23)24)19(14(21)25-16(2,3)4)15(22)26-17(5,6)7/h8-9H,1-7H3. The number of carbonyl (C=O) groups is 2. The minimum Gasteiger partial charge on any atom is -0.443 e. The Labute approximate surface area is 166 Å². The van der Waals surface area contributed by atoms with E-state index in [0.717, 1.165) is 0 Å². The van der Waals surface area contributed by atoms with Crippen LogP contribution in [0, 0.1) is 20.6 Å². The number of benzene rings is 1. The summed E-state index contributed by atoms with van der Waals surface area (Å²) < 4.78 is 10.9. The summed E-state index contributed by atoms with van der Waals surface area (Å²) in [6.45, 7) is 11.5. The summed E-state index contributed by atoms with van der Waals surface area (Å²) in [4.78, 5) is 36.8. The van der Waals surface area contributed by atoms with Gasteiger partial charge in [0.15, 0.2) is 0 Å². The van der Waals surface area contributed by atoms with Crippen LogP contribution in [0.5, 0.6) is 0 Å². The van der Waals surface area contributed by atoms with Gasteiger partial charge in [-0.3, -0.25) is 10.1 Å². The van der Waals surface area contributed by atoms with E-state index in [0.29, 0.717) is 14.0 Å². The molecular formula is C17H23IN2O6. The molecule has 0 saturated heterocycles. The number of hydrogen-bond donors (Lipinski definition) is 0. The van der Waals surface area contributed by atoms with Gasteiger partial charge >= 0.3 is 12.2 Å². The highest BCUT2D eigenvalue weighted by Gasteiger charge is 2.38. The first kappa shape index (κ1) is 22.1. The van der Waals surface area contributed by atoms with Crippen molar-refractivity contribution in [1.82, 2.24) is 0 Å². The van der Waals surface area contributed by atoms with Gasteiger partial charge < -0.3 is 9.47 Å². The Kier molecular flexibility index (Phi) is 6.61. The molecule has 144 valence electrons. The summed E-state index contributed by atoms with van der Waals surface area (Å²) in [7, 11) is 0. The average molecular weight is 478 g/mol. The number of ether oxygens (including phenoxy) is 2. The zero-order chi connectivity index (χ0) is 20.4. The molecule has 1 rings (SSSR count).